The second kappa shape index (κ2) is 43.2. The van der Waals surface area contributed by atoms with Gasteiger partial charge in [-0.1, -0.05) is 311 Å². The Labute approximate surface area is 566 Å². The first-order valence-corrected chi connectivity index (χ1v) is 38.4. The molecule has 0 bridgehead atoms. The van der Waals surface area contributed by atoms with Gasteiger partial charge < -0.3 is 19.3 Å². The Kier molecular flexibility index (Phi) is 44.1. The molecular weight excluding hydrogens is 1080 g/mol. The summed E-state index contributed by atoms with van der Waals surface area (Å²) in [4.78, 5) is 7.45. The Morgan fingerprint density at radius 1 is 0.281 bits per heavy atom. The van der Waals surface area contributed by atoms with Gasteiger partial charge in [0, 0.05) is 65.6 Å². The zero-order chi connectivity index (χ0) is 69.4. The summed E-state index contributed by atoms with van der Waals surface area (Å²) in [5, 5.41) is 0. The largest absolute Gasteiger partial charge is 0.381 e. The summed E-state index contributed by atoms with van der Waals surface area (Å²) < 4.78 is 10.6. The Balaban J connectivity index is 0. The molecular formula is C84H175N3O2. The highest BCUT2D eigenvalue weighted by atomic mass is 16.5. The monoisotopic (exact) mass is 1260 g/mol. The number of piperazine rings is 1. The van der Waals surface area contributed by atoms with Gasteiger partial charge in [-0.3, -0.25) is 4.90 Å². The molecule has 89 heavy (non-hydrogen) atoms. The number of morpholine rings is 1. The quantitative estimate of drug-likeness (QED) is 0.242. The Bertz CT molecular complexity index is 1520. The number of hydrogen-bond acceptors (Lipinski definition) is 5. The fraction of sp³-hybridized carbons (Fsp3) is 1.00. The van der Waals surface area contributed by atoms with Crippen molar-refractivity contribution < 1.29 is 9.47 Å². The molecule has 0 amide bonds. The lowest BCUT2D eigenvalue weighted by Gasteiger charge is -2.36. The molecule has 0 unspecified atom stereocenters. The maximum atomic E-state index is 5.31. The molecule has 5 heteroatoms. The number of nitrogens with zero attached hydrogens (tertiary/aromatic N) is 3. The first kappa shape index (κ1) is 90.9. The summed E-state index contributed by atoms with van der Waals surface area (Å²) in [5.41, 5.74) is 5.16. The van der Waals surface area contributed by atoms with Gasteiger partial charge in [0.05, 0.1) is 13.2 Å². The maximum Gasteiger partial charge on any atom is 0.0594 e. The van der Waals surface area contributed by atoms with Crippen LogP contribution in [0.25, 0.3) is 0 Å². The van der Waals surface area contributed by atoms with Crippen LogP contribution in [-0.4, -0.2) is 101 Å². The van der Waals surface area contributed by atoms with Crippen LogP contribution in [0.3, 0.4) is 0 Å². The van der Waals surface area contributed by atoms with Gasteiger partial charge in [0.1, 0.15) is 0 Å². The van der Waals surface area contributed by atoms with Crippen molar-refractivity contribution in [2.45, 2.75) is 369 Å². The van der Waals surface area contributed by atoms with E-state index in [-0.39, 0.29) is 0 Å². The van der Waals surface area contributed by atoms with Gasteiger partial charge in [0.25, 0.3) is 0 Å². The Hall–Kier alpha value is -0.200. The predicted octanol–water partition coefficient (Wildman–Crippen LogP) is 25.7. The highest BCUT2D eigenvalue weighted by Gasteiger charge is 2.28. The Morgan fingerprint density at radius 3 is 0.764 bits per heavy atom. The first-order valence-electron chi connectivity index (χ1n) is 38.4. The van der Waals surface area contributed by atoms with Gasteiger partial charge in [-0.15, -0.1) is 0 Å². The van der Waals surface area contributed by atoms with Gasteiger partial charge in [-0.2, -0.15) is 0 Å². The first-order chi connectivity index (χ1) is 40.1. The van der Waals surface area contributed by atoms with Crippen LogP contribution in [0.4, 0.5) is 0 Å². The van der Waals surface area contributed by atoms with Crippen LogP contribution in [0.2, 0.25) is 0 Å². The smallest absolute Gasteiger partial charge is 0.0594 e. The third kappa shape index (κ3) is 70.4. The topological polar surface area (TPSA) is 28.2 Å². The molecule has 7 aliphatic rings. The fourth-order valence-electron chi connectivity index (χ4n) is 14.8. The van der Waals surface area contributed by atoms with E-state index in [1.807, 2.05) is 0 Å². The van der Waals surface area contributed by atoms with E-state index in [9.17, 15) is 0 Å². The molecule has 5 nitrogen and oxygen atoms in total. The predicted molar refractivity (Wildman–Crippen MR) is 405 cm³/mol. The molecule has 0 N–H and O–H groups in total. The van der Waals surface area contributed by atoms with Crippen molar-refractivity contribution in [2.75, 3.05) is 85.8 Å². The summed E-state index contributed by atoms with van der Waals surface area (Å²) in [6.07, 6.45) is 33.2. The van der Waals surface area contributed by atoms with Crippen molar-refractivity contribution >= 4 is 0 Å². The highest BCUT2D eigenvalue weighted by Crippen LogP contribution is 2.40. The molecule has 0 aromatic rings. The molecule has 0 atom stereocenters. The van der Waals surface area contributed by atoms with E-state index in [2.05, 4.69) is 243 Å². The average molecular weight is 1260 g/mol. The van der Waals surface area contributed by atoms with Gasteiger partial charge >= 0.3 is 0 Å². The minimum atomic E-state index is 0.428. The summed E-state index contributed by atoms with van der Waals surface area (Å²) in [6.45, 7) is 87.4. The zero-order valence-electron chi connectivity index (χ0n) is 68.4. The summed E-state index contributed by atoms with van der Waals surface area (Å²) in [6, 6.07) is 0. The van der Waals surface area contributed by atoms with Crippen LogP contribution in [0, 0.1) is 89.7 Å². The fourth-order valence-corrected chi connectivity index (χ4v) is 14.8. The molecule has 3 heterocycles. The van der Waals surface area contributed by atoms with E-state index >= 15 is 0 Å². The summed E-state index contributed by atoms with van der Waals surface area (Å²) >= 11 is 0. The van der Waals surface area contributed by atoms with E-state index in [1.165, 1.54) is 187 Å². The minimum Gasteiger partial charge on any atom is -0.381 e. The highest BCUT2D eigenvalue weighted by molar-refractivity contribution is 4.80. The second-order valence-electron chi connectivity index (χ2n) is 42.8. The van der Waals surface area contributed by atoms with Crippen LogP contribution in [0.1, 0.15) is 369 Å². The molecule has 3 aliphatic heterocycles. The number of hydrogen-bond donors (Lipinski definition) is 0. The molecule has 538 valence electrons. The number of rotatable bonds is 8. The standard InChI is InChI=1S/C11H22.C10H22N2.C10H20O.C10H20.C9H19NO.C9H18.C9H20.C8H16.C8H18/c1-11(2,3)9-10-7-5-4-6-8-10;1-10(2,3)9-12-7-5-11(4)6-8-12;1-10(2,3)8-9-4-6-11-7-5-9;1-10(2,3)8-9-6-4-5-7-9;1-9(2,3)8-10-4-6-11-7-5-10;1-9(2,3)7-8-5-4-6-8;1-8(2,3)7-9(4,5)6;1-8(2,3)6-7-4-5-7;1-7(2)6-8(3,4)5/h10H,4-9H2,1-3H3;5-9H2,1-4H3;9H,4-8H2,1-3H3;9H,4-8H2,1-3H3;4-8H2,1-3H3;8H,4-7H2,1-3H3;7H2,1-6H3;7H,4-6H2,1-3H3;7H,6H2,1-5H3. The van der Waals surface area contributed by atoms with Crippen molar-refractivity contribution in [3.05, 3.63) is 0 Å². The van der Waals surface area contributed by atoms with Crippen molar-refractivity contribution in [1.29, 1.82) is 0 Å². The van der Waals surface area contributed by atoms with Crippen LogP contribution < -0.4 is 0 Å². The van der Waals surface area contributed by atoms with Crippen molar-refractivity contribution in [3.63, 3.8) is 0 Å². The normalized spacial score (nSPS) is 20.4. The van der Waals surface area contributed by atoms with Gasteiger partial charge in [0.15, 0.2) is 0 Å². The molecule has 0 radical (unpaired) electrons. The van der Waals surface area contributed by atoms with Crippen LogP contribution in [0.5, 0.6) is 0 Å². The Morgan fingerprint density at radius 2 is 0.551 bits per heavy atom. The lowest BCUT2D eigenvalue weighted by atomic mass is 9.74. The van der Waals surface area contributed by atoms with Crippen LogP contribution in [-0.2, 0) is 9.47 Å². The van der Waals surface area contributed by atoms with Crippen molar-refractivity contribution in [1.82, 2.24) is 14.7 Å². The van der Waals surface area contributed by atoms with Crippen molar-refractivity contribution in [3.8, 4) is 0 Å². The molecule has 3 saturated heterocycles. The summed E-state index contributed by atoms with van der Waals surface area (Å²) in [7, 11) is 2.20. The molecule has 7 rings (SSSR count). The molecule has 0 spiro atoms. The third-order valence-electron chi connectivity index (χ3n) is 17.1. The third-order valence-corrected chi connectivity index (χ3v) is 17.1. The van der Waals surface area contributed by atoms with E-state index in [0.29, 0.717) is 54.1 Å². The van der Waals surface area contributed by atoms with Gasteiger partial charge in [-0.25, -0.2) is 0 Å². The van der Waals surface area contributed by atoms with Crippen molar-refractivity contribution in [2.24, 2.45) is 89.7 Å². The average Bonchev–Trinajstić information content (AvgIpc) is 4.15. The van der Waals surface area contributed by atoms with Crippen LogP contribution >= 0.6 is 0 Å². The number of ether oxygens (including phenoxy) is 2. The van der Waals surface area contributed by atoms with E-state index < -0.39 is 0 Å². The summed E-state index contributed by atoms with van der Waals surface area (Å²) in [5.74, 6) is 6.03. The maximum absolute atomic E-state index is 5.31. The zero-order valence-corrected chi connectivity index (χ0v) is 68.4. The van der Waals surface area contributed by atoms with Crippen LogP contribution in [0.15, 0.2) is 0 Å². The second-order valence-corrected chi connectivity index (χ2v) is 42.8. The lowest BCUT2D eigenvalue weighted by molar-refractivity contribution is 0.0236. The molecule has 0 aromatic carbocycles. The lowest BCUT2D eigenvalue weighted by Crippen LogP contribution is -2.47. The SMILES string of the molecule is CC(C)(C)CC(C)(C)C.CC(C)(C)CC1CC1.CC(C)(C)CC1CCC1.CC(C)(C)CC1CCCC1.CC(C)(C)CC1CCCCC1.CC(C)(C)CC1CCOCC1.CC(C)(C)CN1CCOCC1.CC(C)CC(C)(C)C.CN1CCN(CC(C)(C)C)CC1. The molecule has 4 saturated carbocycles. The molecule has 0 aromatic heterocycles. The minimum absolute atomic E-state index is 0.428. The van der Waals surface area contributed by atoms with Gasteiger partial charge in [0.2, 0.25) is 0 Å². The van der Waals surface area contributed by atoms with E-state index in [1.54, 1.807) is 0 Å². The molecule has 7 fully saturated rings. The van der Waals surface area contributed by atoms with Gasteiger partial charge in [-0.05, 0) is 154 Å². The van der Waals surface area contributed by atoms with E-state index in [0.717, 1.165) is 75.0 Å². The number of likely N-dealkylation sites (N-methyl/N-ethyl adjacent to an activating group) is 1. The van der Waals surface area contributed by atoms with E-state index in [4.69, 9.17) is 9.47 Å². The molecule has 4 aliphatic carbocycles.